The third kappa shape index (κ3) is 3.03. The average molecular weight is 384 g/mol. The van der Waals surface area contributed by atoms with E-state index in [2.05, 4.69) is 25.1 Å². The summed E-state index contributed by atoms with van der Waals surface area (Å²) in [6.07, 6.45) is 3.77. The van der Waals surface area contributed by atoms with Gasteiger partial charge in [-0.3, -0.25) is 0 Å². The molecule has 0 aromatic rings. The highest BCUT2D eigenvalue weighted by molar-refractivity contribution is 5.17. The number of hydrogen-bond acceptors (Lipinski definition) is 5. The number of aliphatic hydroxyl groups is 1. The first kappa shape index (κ1) is 21.1. The Morgan fingerprint density at radius 1 is 0.893 bits per heavy atom. The second-order valence-corrected chi connectivity index (χ2v) is 10.7. The molecule has 5 nitrogen and oxygen atoms in total. The number of fused-ring (bicyclic) bond motifs is 1. The van der Waals surface area contributed by atoms with Crippen LogP contribution in [0.25, 0.3) is 0 Å². The van der Waals surface area contributed by atoms with Gasteiger partial charge in [0.15, 0.2) is 0 Å². The van der Waals surface area contributed by atoms with Crippen molar-refractivity contribution < 1.29 is 9.84 Å². The summed E-state index contributed by atoms with van der Waals surface area (Å²) in [7, 11) is 0. The Balaban J connectivity index is 1.97. The van der Waals surface area contributed by atoms with Gasteiger partial charge < -0.3 is 9.84 Å². The number of aliphatic hydroxyl groups excluding tert-OH is 1. The van der Waals surface area contributed by atoms with Crippen LogP contribution in [0, 0.1) is 68.0 Å². The van der Waals surface area contributed by atoms with Crippen LogP contribution in [0.5, 0.6) is 0 Å². The van der Waals surface area contributed by atoms with Gasteiger partial charge in [-0.05, 0) is 90.9 Å². The van der Waals surface area contributed by atoms with Gasteiger partial charge in [-0.15, -0.1) is 0 Å². The highest BCUT2D eigenvalue weighted by atomic mass is 16.5. The lowest BCUT2D eigenvalue weighted by molar-refractivity contribution is -0.179. The second kappa shape index (κ2) is 6.73. The van der Waals surface area contributed by atoms with E-state index in [1.54, 1.807) is 0 Å². The highest BCUT2D eigenvalue weighted by Gasteiger charge is 2.61. The molecular weight excluding hydrogens is 350 g/mol. The monoisotopic (exact) mass is 383 g/mol. The van der Waals surface area contributed by atoms with Gasteiger partial charge in [-0.25, -0.2) is 0 Å². The van der Waals surface area contributed by atoms with Gasteiger partial charge in [0, 0.05) is 0 Å². The molecule has 0 radical (unpaired) electrons. The molecule has 1 N–H and O–H groups in total. The largest absolute Gasteiger partial charge is 0.391 e. The molecule has 0 spiro atoms. The smallest absolute Gasteiger partial charge is 0.0807 e. The maximum Gasteiger partial charge on any atom is 0.0807 e. The lowest BCUT2D eigenvalue weighted by atomic mass is 9.48. The molecule has 0 aromatic heterocycles. The molecule has 1 heterocycles. The van der Waals surface area contributed by atoms with Crippen LogP contribution in [0.1, 0.15) is 73.1 Å². The summed E-state index contributed by atoms with van der Waals surface area (Å²) >= 11 is 0. The van der Waals surface area contributed by atoms with E-state index < -0.39 is 27.9 Å². The molecule has 8 unspecified atom stereocenters. The van der Waals surface area contributed by atoms with Crippen molar-refractivity contribution in [3.8, 4) is 18.2 Å². The molecule has 5 heteroatoms. The van der Waals surface area contributed by atoms with Crippen LogP contribution in [0.2, 0.25) is 0 Å². The SMILES string of the molecule is CC(C)(C#N)C1CCC(C)(C2CCC(C)(C#N)C3CCC(C)(C#N)C(O)C32)O1. The lowest BCUT2D eigenvalue weighted by Gasteiger charge is -2.57. The van der Waals surface area contributed by atoms with Gasteiger partial charge in [0.1, 0.15) is 0 Å². The highest BCUT2D eigenvalue weighted by Crippen LogP contribution is 2.60. The van der Waals surface area contributed by atoms with Crippen molar-refractivity contribution in [3.63, 3.8) is 0 Å². The number of hydrogen-bond donors (Lipinski definition) is 1. The molecule has 1 aliphatic heterocycles. The molecule has 28 heavy (non-hydrogen) atoms. The molecule has 3 fully saturated rings. The Morgan fingerprint density at radius 2 is 1.46 bits per heavy atom. The zero-order valence-electron chi connectivity index (χ0n) is 17.8. The molecular formula is C23H33N3O2. The summed E-state index contributed by atoms with van der Waals surface area (Å²) in [5.74, 6) is 0.0169. The fourth-order valence-electron chi connectivity index (χ4n) is 6.20. The Labute approximate surface area is 169 Å². The van der Waals surface area contributed by atoms with E-state index in [-0.39, 0.29) is 23.9 Å². The van der Waals surface area contributed by atoms with E-state index in [1.807, 2.05) is 27.7 Å². The molecule has 3 rings (SSSR count). The number of ether oxygens (including phenoxy) is 1. The van der Waals surface area contributed by atoms with E-state index in [1.165, 1.54) is 0 Å². The molecule has 0 aromatic carbocycles. The van der Waals surface area contributed by atoms with Gasteiger partial charge in [-0.2, -0.15) is 15.8 Å². The average Bonchev–Trinajstić information content (AvgIpc) is 3.09. The van der Waals surface area contributed by atoms with E-state index in [0.29, 0.717) is 6.42 Å². The van der Waals surface area contributed by atoms with Gasteiger partial charge in [-0.1, -0.05) is 0 Å². The van der Waals surface area contributed by atoms with E-state index in [4.69, 9.17) is 4.74 Å². The number of rotatable bonds is 2. The van der Waals surface area contributed by atoms with Crippen LogP contribution in [-0.4, -0.2) is 22.9 Å². The van der Waals surface area contributed by atoms with E-state index >= 15 is 0 Å². The van der Waals surface area contributed by atoms with Crippen molar-refractivity contribution in [1.82, 2.24) is 0 Å². The minimum Gasteiger partial charge on any atom is -0.391 e. The molecule has 2 aliphatic carbocycles. The fraction of sp³-hybridized carbons (Fsp3) is 0.870. The quantitative estimate of drug-likeness (QED) is 0.765. The molecule has 2 saturated carbocycles. The lowest BCUT2D eigenvalue weighted by Crippen LogP contribution is -2.59. The topological polar surface area (TPSA) is 101 Å². The summed E-state index contributed by atoms with van der Waals surface area (Å²) < 4.78 is 6.55. The standard InChI is InChI=1S/C23H33N3O2/c1-20(2,12-24)17-8-11-23(5,28-17)16-7-9-21(3,13-25)15-6-10-22(4,14-26)19(27)18(15)16/h15-19,27H,6-11H2,1-5H3. The maximum atomic E-state index is 11.3. The first-order valence-electron chi connectivity index (χ1n) is 10.6. The molecule has 8 atom stereocenters. The molecule has 3 aliphatic rings. The summed E-state index contributed by atoms with van der Waals surface area (Å²) in [5, 5.41) is 40.5. The first-order chi connectivity index (χ1) is 13.0. The van der Waals surface area contributed by atoms with Crippen molar-refractivity contribution in [1.29, 1.82) is 15.8 Å². The van der Waals surface area contributed by atoms with Crippen LogP contribution in [0.3, 0.4) is 0 Å². The summed E-state index contributed by atoms with van der Waals surface area (Å²) in [6.45, 7) is 9.82. The van der Waals surface area contributed by atoms with Crippen LogP contribution in [0.15, 0.2) is 0 Å². The van der Waals surface area contributed by atoms with Crippen molar-refractivity contribution in [2.45, 2.75) is 91.0 Å². The first-order valence-corrected chi connectivity index (χ1v) is 10.6. The number of nitrogens with zero attached hydrogens (tertiary/aromatic N) is 3. The summed E-state index contributed by atoms with van der Waals surface area (Å²) in [5.41, 5.74) is -2.25. The maximum absolute atomic E-state index is 11.3. The van der Waals surface area contributed by atoms with E-state index in [9.17, 15) is 20.9 Å². The zero-order chi connectivity index (χ0) is 21.0. The van der Waals surface area contributed by atoms with Gasteiger partial charge in [0.25, 0.3) is 0 Å². The van der Waals surface area contributed by atoms with Crippen molar-refractivity contribution in [2.75, 3.05) is 0 Å². The Hall–Kier alpha value is -1.61. The predicted molar refractivity (Wildman–Crippen MR) is 104 cm³/mol. The second-order valence-electron chi connectivity index (χ2n) is 10.7. The minimum absolute atomic E-state index is 0.0659. The third-order valence-corrected chi connectivity index (χ3v) is 8.42. The van der Waals surface area contributed by atoms with Crippen LogP contribution in [-0.2, 0) is 4.74 Å². The summed E-state index contributed by atoms with van der Waals surface area (Å²) in [6, 6.07) is 7.26. The van der Waals surface area contributed by atoms with Gasteiger partial charge in [0.2, 0.25) is 0 Å². The Morgan fingerprint density at radius 3 is 2.04 bits per heavy atom. The Bertz CT molecular complexity index is 759. The van der Waals surface area contributed by atoms with Crippen molar-refractivity contribution >= 4 is 0 Å². The fourth-order valence-corrected chi connectivity index (χ4v) is 6.20. The molecule has 1 saturated heterocycles. The van der Waals surface area contributed by atoms with Crippen LogP contribution < -0.4 is 0 Å². The summed E-state index contributed by atoms with van der Waals surface area (Å²) in [4.78, 5) is 0. The van der Waals surface area contributed by atoms with Gasteiger partial charge in [0.05, 0.1) is 52.3 Å². The van der Waals surface area contributed by atoms with Gasteiger partial charge >= 0.3 is 0 Å². The van der Waals surface area contributed by atoms with E-state index in [0.717, 1.165) is 32.1 Å². The number of nitriles is 3. The Kier molecular flexibility index (Phi) is 5.07. The minimum atomic E-state index is -0.784. The third-order valence-electron chi connectivity index (χ3n) is 8.42. The predicted octanol–water partition coefficient (Wildman–Crippen LogP) is 4.33. The van der Waals surface area contributed by atoms with Crippen LogP contribution >= 0.6 is 0 Å². The normalized spacial score (nSPS) is 48.8. The molecule has 0 bridgehead atoms. The zero-order valence-corrected chi connectivity index (χ0v) is 17.8. The van der Waals surface area contributed by atoms with Crippen molar-refractivity contribution in [2.24, 2.45) is 34.0 Å². The molecule has 0 amide bonds. The molecule has 152 valence electrons. The van der Waals surface area contributed by atoms with Crippen molar-refractivity contribution in [3.05, 3.63) is 0 Å². The van der Waals surface area contributed by atoms with Crippen LogP contribution in [0.4, 0.5) is 0 Å².